The minimum absolute atomic E-state index is 0. The molecule has 0 aliphatic rings. The Morgan fingerprint density at radius 3 is 1.48 bits per heavy atom. The fourth-order valence-corrected chi connectivity index (χ4v) is 1.82. The second-order valence-electron chi connectivity index (χ2n) is 4.69. The molecular formula is C13H18N5O7SV+. The first kappa shape index (κ1) is 29.7. The predicted octanol–water partition coefficient (Wildman–Crippen LogP) is -0.727. The first-order valence-corrected chi connectivity index (χ1v) is 7.74. The molecule has 1 radical (unpaired) electrons. The summed E-state index contributed by atoms with van der Waals surface area (Å²) in [5.41, 5.74) is 5.43. The second-order valence-corrected chi connectivity index (χ2v) is 5.51. The van der Waals surface area contributed by atoms with Crippen molar-refractivity contribution in [3.63, 3.8) is 0 Å². The summed E-state index contributed by atoms with van der Waals surface area (Å²) in [4.78, 5) is 4.57. The van der Waals surface area contributed by atoms with Crippen LogP contribution < -0.4 is 0 Å². The van der Waals surface area contributed by atoms with E-state index in [-0.39, 0.29) is 35.0 Å². The van der Waals surface area contributed by atoms with E-state index in [9.17, 15) is 0 Å². The molecule has 0 unspecified atom stereocenters. The van der Waals surface area contributed by atoms with Gasteiger partial charge in [0.2, 0.25) is 0 Å². The fourth-order valence-electron chi connectivity index (χ4n) is 1.82. The summed E-state index contributed by atoms with van der Waals surface area (Å²) in [5, 5.41) is 14.3. The Labute approximate surface area is 166 Å². The van der Waals surface area contributed by atoms with Gasteiger partial charge in [-0.25, -0.2) is 4.98 Å². The predicted molar refractivity (Wildman–Crippen MR) is 88.5 cm³/mol. The van der Waals surface area contributed by atoms with Crippen LogP contribution in [0.5, 0.6) is 0 Å². The Balaban J connectivity index is -0.000000577. The Bertz CT molecular complexity index is 850. The van der Waals surface area contributed by atoms with E-state index in [0.29, 0.717) is 0 Å². The van der Waals surface area contributed by atoms with Crippen LogP contribution >= 0.6 is 0 Å². The Morgan fingerprint density at radius 2 is 1.22 bits per heavy atom. The van der Waals surface area contributed by atoms with Crippen LogP contribution in [-0.4, -0.2) is 48.4 Å². The first-order valence-electron chi connectivity index (χ1n) is 6.41. The molecule has 3 aromatic rings. The van der Waals surface area contributed by atoms with Crippen molar-refractivity contribution in [2.75, 3.05) is 0 Å². The van der Waals surface area contributed by atoms with Gasteiger partial charge in [0.25, 0.3) is 0 Å². The van der Waals surface area contributed by atoms with Crippen LogP contribution in [0.2, 0.25) is 0 Å². The number of hydrogen-bond acceptors (Lipinski definition) is 7. The fraction of sp³-hybridized carbons (Fsp3) is 0.154. The van der Waals surface area contributed by atoms with E-state index < -0.39 is 10.4 Å². The number of pyridine rings is 1. The van der Waals surface area contributed by atoms with Crippen molar-refractivity contribution < 1.29 is 52.5 Å². The molecule has 3 aromatic heterocycles. The summed E-state index contributed by atoms with van der Waals surface area (Å²) in [7, 11) is -5.17. The van der Waals surface area contributed by atoms with Gasteiger partial charge in [0.1, 0.15) is 11.4 Å². The minimum atomic E-state index is -5.17. The van der Waals surface area contributed by atoms with Gasteiger partial charge in [-0.1, -0.05) is 6.07 Å². The number of nitrogens with zero attached hydrogens (tertiary/aromatic N) is 3. The molecule has 0 amide bonds. The van der Waals surface area contributed by atoms with Crippen molar-refractivity contribution in [3.05, 3.63) is 41.7 Å². The third-order valence-corrected chi connectivity index (χ3v) is 2.69. The van der Waals surface area contributed by atoms with Crippen molar-refractivity contribution in [2.45, 2.75) is 13.8 Å². The van der Waals surface area contributed by atoms with Crippen molar-refractivity contribution in [1.82, 2.24) is 25.4 Å². The van der Waals surface area contributed by atoms with Gasteiger partial charge in [0, 0.05) is 21.8 Å². The van der Waals surface area contributed by atoms with Gasteiger partial charge >= 0.3 is 18.6 Å². The van der Waals surface area contributed by atoms with Gasteiger partial charge in [-0.2, -0.15) is 10.2 Å². The number of aromatic nitrogens is 5. The molecule has 12 nitrogen and oxygen atoms in total. The molecule has 7 N–H and O–H groups in total. The Hall–Kier alpha value is -2.10. The van der Waals surface area contributed by atoms with Crippen LogP contribution in [0.4, 0.5) is 0 Å². The average molecular weight is 439 g/mol. The average Bonchev–Trinajstić information content (AvgIpc) is 3.06. The van der Waals surface area contributed by atoms with Crippen LogP contribution in [0, 0.1) is 13.8 Å². The molecule has 0 spiro atoms. The molecule has 0 saturated carbocycles. The monoisotopic (exact) mass is 439 g/mol. The van der Waals surface area contributed by atoms with Gasteiger partial charge in [-0.15, -0.1) is 0 Å². The zero-order valence-electron chi connectivity index (χ0n) is 14.2. The maximum atomic E-state index is 8.52. The SMILES string of the molecule is Cc1cc(-c2cccc(-c3cc(C)[nH]n3)n2)n[nH]1.O.O=S(=O)([O-])[O-].[O-2].[OH3+].[V+4]. The number of rotatable bonds is 2. The zero-order chi connectivity index (χ0) is 17.0. The van der Waals surface area contributed by atoms with Crippen LogP contribution in [0.1, 0.15) is 11.4 Å². The largest absolute Gasteiger partial charge is 4.00 e. The molecular weight excluding hydrogens is 421 g/mol. The summed E-state index contributed by atoms with van der Waals surface area (Å²) in [6, 6.07) is 9.80. The van der Waals surface area contributed by atoms with E-state index in [2.05, 4.69) is 25.4 Å². The van der Waals surface area contributed by atoms with Crippen LogP contribution in [0.3, 0.4) is 0 Å². The van der Waals surface area contributed by atoms with Crippen LogP contribution in [0.25, 0.3) is 22.8 Å². The maximum Gasteiger partial charge on any atom is 4.00 e. The Morgan fingerprint density at radius 1 is 0.889 bits per heavy atom. The van der Waals surface area contributed by atoms with Crippen molar-refractivity contribution >= 4 is 10.4 Å². The number of nitrogens with one attached hydrogen (secondary N) is 2. The molecule has 0 bridgehead atoms. The molecule has 0 aliphatic carbocycles. The third-order valence-electron chi connectivity index (χ3n) is 2.69. The van der Waals surface area contributed by atoms with Gasteiger partial charge in [-0.3, -0.25) is 18.6 Å². The molecule has 0 aliphatic heterocycles. The molecule has 0 aromatic carbocycles. The van der Waals surface area contributed by atoms with E-state index in [1.54, 1.807) is 0 Å². The van der Waals surface area contributed by atoms with Crippen molar-refractivity contribution in [2.24, 2.45) is 0 Å². The van der Waals surface area contributed by atoms with E-state index >= 15 is 0 Å². The number of aryl methyl sites for hydroxylation is 2. The second kappa shape index (κ2) is 12.3. The van der Waals surface area contributed by atoms with Gasteiger partial charge in [0.05, 0.1) is 11.4 Å². The zero-order valence-corrected chi connectivity index (χ0v) is 16.4. The van der Waals surface area contributed by atoms with Crippen molar-refractivity contribution in [3.8, 4) is 22.8 Å². The molecule has 27 heavy (non-hydrogen) atoms. The maximum absolute atomic E-state index is 8.52. The smallest absolute Gasteiger partial charge is 2.00 e. The standard InChI is InChI=1S/C13H13N5.H2O4S.2H2O.O.V/c1-8-6-12(17-15-8)10-4-3-5-11(14-10)13-7-9(2)16-18-13;1-5(2,3)4;;;;/h3-7H,1-2H3,(H,15,17)(H,16,18);(H2,1,2,3,4);2*1H2;;/q;;;;-2;+4/p-1. The summed E-state index contributed by atoms with van der Waals surface area (Å²) in [6.07, 6.45) is 0. The number of H-pyrrole nitrogens is 2. The quantitative estimate of drug-likeness (QED) is 0.294. The van der Waals surface area contributed by atoms with E-state index in [1.165, 1.54) is 0 Å². The molecule has 147 valence electrons. The summed E-state index contributed by atoms with van der Waals surface area (Å²) >= 11 is 0. The number of aromatic amines is 2. The molecule has 3 heterocycles. The van der Waals surface area contributed by atoms with E-state index in [0.717, 1.165) is 34.2 Å². The summed E-state index contributed by atoms with van der Waals surface area (Å²) < 4.78 is 34.1. The number of hydrogen-bond donors (Lipinski definition) is 2. The Kier molecular flexibility index (Phi) is 13.5. The molecule has 0 atom stereocenters. The van der Waals surface area contributed by atoms with Crippen LogP contribution in [-0.2, 0) is 39.9 Å². The normalized spacial score (nSPS) is 9.33. The minimum Gasteiger partial charge on any atom is -2.00 e. The van der Waals surface area contributed by atoms with Crippen LogP contribution in [0.15, 0.2) is 30.3 Å². The van der Waals surface area contributed by atoms with E-state index in [4.69, 9.17) is 17.5 Å². The van der Waals surface area contributed by atoms with Gasteiger partial charge in [-0.05, 0) is 38.1 Å². The molecule has 14 heteroatoms. The van der Waals surface area contributed by atoms with E-state index in [1.807, 2.05) is 44.2 Å². The van der Waals surface area contributed by atoms with Gasteiger partial charge < -0.3 is 25.5 Å². The molecule has 3 rings (SSSR count). The molecule has 0 fully saturated rings. The first-order chi connectivity index (χ1) is 10.7. The van der Waals surface area contributed by atoms with Crippen molar-refractivity contribution in [1.29, 1.82) is 0 Å². The third kappa shape index (κ3) is 9.98. The van der Waals surface area contributed by atoms with Gasteiger partial charge in [0.15, 0.2) is 0 Å². The summed E-state index contributed by atoms with van der Waals surface area (Å²) in [5.74, 6) is 0. The summed E-state index contributed by atoms with van der Waals surface area (Å²) in [6.45, 7) is 3.94. The molecule has 0 saturated heterocycles. The topological polar surface area (TPSA) is 244 Å².